The largest absolute Gasteiger partial charge is 0.207 e. The summed E-state index contributed by atoms with van der Waals surface area (Å²) in [5.41, 5.74) is -0.289. The molecule has 0 bridgehead atoms. The van der Waals surface area contributed by atoms with E-state index in [1.165, 1.54) is 18.2 Å². The van der Waals surface area contributed by atoms with Gasteiger partial charge in [0.15, 0.2) is 23.3 Å². The van der Waals surface area contributed by atoms with Crippen molar-refractivity contribution in [2.75, 3.05) is 0 Å². The predicted molar refractivity (Wildman–Crippen MR) is 94.8 cm³/mol. The number of unbranched alkanes of at least 4 members (excludes halogenated alkanes) is 1. The van der Waals surface area contributed by atoms with Gasteiger partial charge in [-0.2, -0.15) is 0 Å². The van der Waals surface area contributed by atoms with Gasteiger partial charge in [-0.25, -0.2) is 22.0 Å². The molecule has 0 nitrogen and oxygen atoms in total. The van der Waals surface area contributed by atoms with Crippen LogP contribution >= 0.6 is 0 Å². The lowest BCUT2D eigenvalue weighted by Gasteiger charge is -2.06. The van der Waals surface area contributed by atoms with Gasteiger partial charge >= 0.3 is 0 Å². The van der Waals surface area contributed by atoms with Gasteiger partial charge in [0.25, 0.3) is 0 Å². The molecule has 3 aromatic rings. The van der Waals surface area contributed by atoms with Crippen LogP contribution in [0, 0.1) is 40.9 Å². The summed E-state index contributed by atoms with van der Waals surface area (Å²) in [7, 11) is 0. The van der Waals surface area contributed by atoms with Crippen molar-refractivity contribution >= 4 is 10.8 Å². The average molecular weight is 374 g/mol. The van der Waals surface area contributed by atoms with E-state index in [4.69, 9.17) is 0 Å². The highest BCUT2D eigenvalue weighted by Gasteiger charge is 2.17. The fraction of sp³-hybridized carbons (Fsp3) is 0.182. The Morgan fingerprint density at radius 3 is 2.15 bits per heavy atom. The highest BCUT2D eigenvalue weighted by Crippen LogP contribution is 2.22. The smallest absolute Gasteiger partial charge is 0.174 e. The van der Waals surface area contributed by atoms with Gasteiger partial charge in [-0.05, 0) is 53.9 Å². The van der Waals surface area contributed by atoms with Crippen LogP contribution in [-0.4, -0.2) is 0 Å². The van der Waals surface area contributed by atoms with Crippen molar-refractivity contribution in [3.8, 4) is 11.8 Å². The van der Waals surface area contributed by atoms with Crippen LogP contribution in [0.3, 0.4) is 0 Å². The van der Waals surface area contributed by atoms with Crippen LogP contribution in [0.1, 0.15) is 36.5 Å². The maximum atomic E-state index is 14.2. The molecule has 0 heterocycles. The van der Waals surface area contributed by atoms with Crippen LogP contribution < -0.4 is 0 Å². The molecule has 0 aliphatic rings. The molecule has 3 aromatic carbocycles. The lowest BCUT2D eigenvalue weighted by atomic mass is 10.0. The summed E-state index contributed by atoms with van der Waals surface area (Å²) in [5.74, 6) is -0.178. The van der Waals surface area contributed by atoms with E-state index < -0.39 is 34.6 Å². The minimum atomic E-state index is -1.22. The Hall–Kier alpha value is -2.87. The van der Waals surface area contributed by atoms with Gasteiger partial charge in [0.1, 0.15) is 5.82 Å². The molecule has 0 radical (unpaired) electrons. The lowest BCUT2D eigenvalue weighted by molar-refractivity contribution is 0.475. The van der Waals surface area contributed by atoms with Crippen molar-refractivity contribution in [3.63, 3.8) is 0 Å². The SMILES string of the molecule is CCCCc1c(F)cc(C#Cc2ccc3cc(F)c(F)cc3c2)c(F)c1F. The molecule has 27 heavy (non-hydrogen) atoms. The van der Waals surface area contributed by atoms with E-state index in [0.29, 0.717) is 22.8 Å². The number of benzene rings is 3. The van der Waals surface area contributed by atoms with Crippen LogP contribution in [0.5, 0.6) is 0 Å². The molecule has 5 heteroatoms. The van der Waals surface area contributed by atoms with E-state index >= 15 is 0 Å². The van der Waals surface area contributed by atoms with Gasteiger partial charge in [0, 0.05) is 11.1 Å². The van der Waals surface area contributed by atoms with Crippen LogP contribution in [0.4, 0.5) is 22.0 Å². The number of hydrogen-bond acceptors (Lipinski definition) is 0. The van der Waals surface area contributed by atoms with Gasteiger partial charge in [-0.15, -0.1) is 0 Å². The monoisotopic (exact) mass is 374 g/mol. The van der Waals surface area contributed by atoms with Crippen LogP contribution in [0.2, 0.25) is 0 Å². The maximum Gasteiger partial charge on any atom is 0.174 e. The lowest BCUT2D eigenvalue weighted by Crippen LogP contribution is -2.02. The minimum absolute atomic E-state index is 0.117. The van der Waals surface area contributed by atoms with Crippen LogP contribution in [0.25, 0.3) is 10.8 Å². The van der Waals surface area contributed by atoms with Gasteiger partial charge in [-0.1, -0.05) is 31.3 Å². The Morgan fingerprint density at radius 2 is 1.44 bits per heavy atom. The molecule has 0 aromatic heterocycles. The van der Waals surface area contributed by atoms with Crippen LogP contribution in [-0.2, 0) is 6.42 Å². The first-order valence-electron chi connectivity index (χ1n) is 8.48. The third kappa shape index (κ3) is 3.95. The summed E-state index contributed by atoms with van der Waals surface area (Å²) in [6.07, 6.45) is 1.40. The first-order chi connectivity index (χ1) is 12.9. The normalized spacial score (nSPS) is 10.7. The summed E-state index contributed by atoms with van der Waals surface area (Å²) < 4.78 is 69.0. The molecule has 0 aliphatic carbocycles. The quantitative estimate of drug-likeness (QED) is 0.288. The number of rotatable bonds is 3. The van der Waals surface area contributed by atoms with Crippen molar-refractivity contribution in [2.24, 2.45) is 0 Å². The number of halogens is 5. The highest BCUT2D eigenvalue weighted by molar-refractivity contribution is 5.84. The van der Waals surface area contributed by atoms with Crippen molar-refractivity contribution in [3.05, 3.63) is 82.2 Å². The van der Waals surface area contributed by atoms with E-state index in [-0.39, 0.29) is 12.0 Å². The molecule has 0 fully saturated rings. The van der Waals surface area contributed by atoms with E-state index in [0.717, 1.165) is 24.6 Å². The fourth-order valence-electron chi connectivity index (χ4n) is 2.77. The van der Waals surface area contributed by atoms with Crippen molar-refractivity contribution in [1.29, 1.82) is 0 Å². The van der Waals surface area contributed by atoms with Crippen molar-refractivity contribution < 1.29 is 22.0 Å². The maximum absolute atomic E-state index is 14.2. The molecule has 0 N–H and O–H groups in total. The van der Waals surface area contributed by atoms with Crippen molar-refractivity contribution in [2.45, 2.75) is 26.2 Å². The first kappa shape index (κ1) is 18.9. The molecule has 138 valence electrons. The Balaban J connectivity index is 1.98. The van der Waals surface area contributed by atoms with E-state index in [9.17, 15) is 22.0 Å². The third-order valence-electron chi connectivity index (χ3n) is 4.25. The Labute approximate surface area is 153 Å². The zero-order valence-electron chi connectivity index (χ0n) is 14.5. The second-order valence-corrected chi connectivity index (χ2v) is 6.19. The average Bonchev–Trinajstić information content (AvgIpc) is 2.64. The Kier molecular flexibility index (Phi) is 5.46. The standard InChI is InChI=1S/C22H15F5/c1-2-3-4-17-18(23)11-15(21(26)22(17)27)8-6-13-5-7-14-10-19(24)20(25)12-16(14)9-13/h5,7,9-12H,2-4H2,1H3. The fourth-order valence-corrected chi connectivity index (χ4v) is 2.77. The molecule has 0 saturated heterocycles. The molecule has 0 amide bonds. The molecule has 0 spiro atoms. The zero-order chi connectivity index (χ0) is 19.6. The van der Waals surface area contributed by atoms with E-state index in [2.05, 4.69) is 11.8 Å². The second kappa shape index (κ2) is 7.79. The molecule has 0 unspecified atom stereocenters. The molecule has 0 aliphatic heterocycles. The Bertz CT molecular complexity index is 1070. The molecular formula is C22H15F5. The summed E-state index contributed by atoms with van der Waals surface area (Å²) in [5, 5.41) is 0.886. The first-order valence-corrected chi connectivity index (χ1v) is 8.48. The van der Waals surface area contributed by atoms with Gasteiger partial charge in [-0.3, -0.25) is 0 Å². The topological polar surface area (TPSA) is 0 Å². The summed E-state index contributed by atoms with van der Waals surface area (Å²) >= 11 is 0. The van der Waals surface area contributed by atoms with Gasteiger partial charge in [0.2, 0.25) is 0 Å². The number of fused-ring (bicyclic) bond motifs is 1. The summed E-state index contributed by atoms with van der Waals surface area (Å²) in [6, 6.07) is 7.53. The second-order valence-electron chi connectivity index (χ2n) is 6.19. The van der Waals surface area contributed by atoms with Crippen LogP contribution in [0.15, 0.2) is 36.4 Å². The zero-order valence-corrected chi connectivity index (χ0v) is 14.5. The highest BCUT2D eigenvalue weighted by atomic mass is 19.2. The van der Waals surface area contributed by atoms with E-state index in [1.807, 2.05) is 6.92 Å². The molecule has 0 saturated carbocycles. The molecule has 0 atom stereocenters. The van der Waals surface area contributed by atoms with Crippen molar-refractivity contribution in [1.82, 2.24) is 0 Å². The van der Waals surface area contributed by atoms with E-state index in [1.54, 1.807) is 0 Å². The summed E-state index contributed by atoms with van der Waals surface area (Å²) in [4.78, 5) is 0. The minimum Gasteiger partial charge on any atom is -0.207 e. The third-order valence-corrected chi connectivity index (χ3v) is 4.25. The van der Waals surface area contributed by atoms with Gasteiger partial charge in [0.05, 0.1) is 5.56 Å². The molecule has 3 rings (SSSR count). The number of hydrogen-bond donors (Lipinski definition) is 0. The predicted octanol–water partition coefficient (Wildman–Crippen LogP) is 6.28. The summed E-state index contributed by atoms with van der Waals surface area (Å²) in [6.45, 7) is 1.87. The molecular weight excluding hydrogens is 359 g/mol. The Morgan fingerprint density at radius 1 is 0.741 bits per heavy atom. The van der Waals surface area contributed by atoms with Gasteiger partial charge < -0.3 is 0 Å².